The lowest BCUT2D eigenvalue weighted by molar-refractivity contribution is -0.134. The Morgan fingerprint density at radius 3 is 2.71 bits per heavy atom. The third kappa shape index (κ3) is 5.17. The smallest absolute Gasteiger partial charge is 0.244 e. The van der Waals surface area contributed by atoms with Crippen LogP contribution in [0.25, 0.3) is 0 Å². The molecule has 1 aromatic heterocycles. The molecular weight excluding hydrogens is 326 g/mol. The Morgan fingerprint density at radius 2 is 2.08 bits per heavy atom. The van der Waals surface area contributed by atoms with E-state index in [1.54, 1.807) is 32.4 Å². The summed E-state index contributed by atoms with van der Waals surface area (Å²) in [5, 5.41) is 5.90. The molecular formula is C16H27N5O2S. The highest BCUT2D eigenvalue weighted by atomic mass is 32.1. The maximum atomic E-state index is 12.2. The van der Waals surface area contributed by atoms with E-state index < -0.39 is 6.04 Å². The van der Waals surface area contributed by atoms with Gasteiger partial charge in [-0.3, -0.25) is 14.5 Å². The number of hydrogen-bond acceptors (Lipinski definition) is 6. The molecule has 1 aliphatic rings. The number of nitrogens with one attached hydrogen (secondary N) is 1. The summed E-state index contributed by atoms with van der Waals surface area (Å²) in [6, 6.07) is -0.491. The van der Waals surface area contributed by atoms with E-state index in [1.165, 1.54) is 4.90 Å². The predicted molar refractivity (Wildman–Crippen MR) is 96.4 cm³/mol. The van der Waals surface area contributed by atoms with Gasteiger partial charge in [-0.1, -0.05) is 0 Å². The summed E-state index contributed by atoms with van der Waals surface area (Å²) in [4.78, 5) is 34.4. The summed E-state index contributed by atoms with van der Waals surface area (Å²) in [5.41, 5.74) is 1.05. The first-order chi connectivity index (χ1) is 11.4. The van der Waals surface area contributed by atoms with Gasteiger partial charge < -0.3 is 15.1 Å². The molecule has 0 aliphatic carbocycles. The monoisotopic (exact) mass is 353 g/mol. The average Bonchev–Trinajstić information content (AvgIpc) is 2.82. The van der Waals surface area contributed by atoms with Gasteiger partial charge in [-0.05, 0) is 20.3 Å². The molecule has 2 amide bonds. The second-order valence-electron chi connectivity index (χ2n) is 6.41. The molecule has 0 aromatic carbocycles. The van der Waals surface area contributed by atoms with Crippen molar-refractivity contribution in [3.05, 3.63) is 11.1 Å². The summed E-state index contributed by atoms with van der Waals surface area (Å²) >= 11 is 1.67. The van der Waals surface area contributed by atoms with E-state index in [2.05, 4.69) is 25.5 Å². The fourth-order valence-electron chi connectivity index (χ4n) is 2.75. The Kier molecular flexibility index (Phi) is 6.56. The van der Waals surface area contributed by atoms with Gasteiger partial charge in [0.05, 0.1) is 12.2 Å². The van der Waals surface area contributed by atoms with Gasteiger partial charge in [0, 0.05) is 45.7 Å². The fraction of sp³-hybridized carbons (Fsp3) is 0.688. The van der Waals surface area contributed by atoms with E-state index in [1.807, 2.05) is 6.92 Å². The first kappa shape index (κ1) is 18.7. The van der Waals surface area contributed by atoms with Crippen LogP contribution in [-0.2, 0) is 9.59 Å². The van der Waals surface area contributed by atoms with Crippen LogP contribution in [0.2, 0.25) is 0 Å². The Hall–Kier alpha value is -1.67. The van der Waals surface area contributed by atoms with E-state index >= 15 is 0 Å². The quantitative estimate of drug-likeness (QED) is 0.838. The standard InChI is InChI=1S/C16H27N5O2S/c1-12-11-24-16(17-12)21-7-5-6-20(8-9-21)10-14(22)18-13(2)15(23)19(3)4/h11,13H,5-10H2,1-4H3,(H,18,22). The molecule has 7 nitrogen and oxygen atoms in total. The normalized spacial score (nSPS) is 17.2. The Morgan fingerprint density at radius 1 is 1.33 bits per heavy atom. The van der Waals surface area contributed by atoms with E-state index in [4.69, 9.17) is 0 Å². The molecule has 1 aliphatic heterocycles. The maximum Gasteiger partial charge on any atom is 0.244 e. The summed E-state index contributed by atoms with van der Waals surface area (Å²) in [6.07, 6.45) is 0.998. The molecule has 0 saturated carbocycles. The van der Waals surface area contributed by atoms with Crippen LogP contribution in [0.3, 0.4) is 0 Å². The highest BCUT2D eigenvalue weighted by Gasteiger charge is 2.21. The van der Waals surface area contributed by atoms with Gasteiger partial charge >= 0.3 is 0 Å². The molecule has 134 valence electrons. The molecule has 0 spiro atoms. The number of thiazole rings is 1. The van der Waals surface area contributed by atoms with Gasteiger partial charge in [-0.25, -0.2) is 4.98 Å². The third-order valence-corrected chi connectivity index (χ3v) is 5.04. The van der Waals surface area contributed by atoms with Crippen molar-refractivity contribution in [2.24, 2.45) is 0 Å². The molecule has 1 atom stereocenters. The zero-order valence-electron chi connectivity index (χ0n) is 14.9. The summed E-state index contributed by atoms with van der Waals surface area (Å²) in [6.45, 7) is 7.58. The molecule has 8 heteroatoms. The lowest BCUT2D eigenvalue weighted by atomic mass is 10.3. The molecule has 2 rings (SSSR count). The third-order valence-electron chi connectivity index (χ3n) is 4.02. The van der Waals surface area contributed by atoms with Crippen LogP contribution in [-0.4, -0.2) is 79.5 Å². The lowest BCUT2D eigenvalue weighted by Crippen LogP contribution is -2.48. The Balaban J connectivity index is 1.81. The van der Waals surface area contributed by atoms with Crippen LogP contribution in [0.5, 0.6) is 0 Å². The Labute approximate surface area is 147 Å². The van der Waals surface area contributed by atoms with Gasteiger partial charge in [0.25, 0.3) is 0 Å². The molecule has 2 heterocycles. The molecule has 0 radical (unpaired) electrons. The predicted octanol–water partition coefficient (Wildman–Crippen LogP) is 0.557. The van der Waals surface area contributed by atoms with Gasteiger partial charge in [0.15, 0.2) is 5.13 Å². The number of carbonyl (C=O) groups is 2. The topological polar surface area (TPSA) is 68.8 Å². The number of amides is 2. The van der Waals surface area contributed by atoms with Crippen molar-refractivity contribution < 1.29 is 9.59 Å². The van der Waals surface area contributed by atoms with Crippen molar-refractivity contribution >= 4 is 28.3 Å². The second-order valence-corrected chi connectivity index (χ2v) is 7.25. The van der Waals surface area contributed by atoms with Crippen molar-refractivity contribution in [3.63, 3.8) is 0 Å². The average molecular weight is 353 g/mol. The van der Waals surface area contributed by atoms with Gasteiger partial charge in [0.2, 0.25) is 11.8 Å². The highest BCUT2D eigenvalue weighted by Crippen LogP contribution is 2.21. The van der Waals surface area contributed by atoms with Gasteiger partial charge in [-0.2, -0.15) is 0 Å². The minimum absolute atomic E-state index is 0.0930. The number of aromatic nitrogens is 1. The number of rotatable bonds is 5. The fourth-order valence-corrected chi connectivity index (χ4v) is 3.60. The van der Waals surface area contributed by atoms with E-state index in [-0.39, 0.29) is 11.8 Å². The highest BCUT2D eigenvalue weighted by molar-refractivity contribution is 7.13. The van der Waals surface area contributed by atoms with Crippen LogP contribution >= 0.6 is 11.3 Å². The number of aryl methyl sites for hydroxylation is 1. The summed E-state index contributed by atoms with van der Waals surface area (Å²) in [7, 11) is 3.38. The number of anilines is 1. The van der Waals surface area contributed by atoms with Crippen molar-refractivity contribution in [3.8, 4) is 0 Å². The van der Waals surface area contributed by atoms with Crippen molar-refractivity contribution in [2.75, 3.05) is 51.7 Å². The molecule has 1 fully saturated rings. The molecule has 1 aromatic rings. The number of hydrogen-bond donors (Lipinski definition) is 1. The SMILES string of the molecule is Cc1csc(N2CCCN(CC(=O)NC(C)C(=O)N(C)C)CC2)n1. The maximum absolute atomic E-state index is 12.2. The van der Waals surface area contributed by atoms with Crippen molar-refractivity contribution in [1.82, 2.24) is 20.1 Å². The van der Waals surface area contributed by atoms with Crippen LogP contribution < -0.4 is 10.2 Å². The van der Waals surface area contributed by atoms with Crippen LogP contribution in [0.15, 0.2) is 5.38 Å². The minimum Gasteiger partial charge on any atom is -0.347 e. The largest absolute Gasteiger partial charge is 0.347 e. The van der Waals surface area contributed by atoms with Gasteiger partial charge in [-0.15, -0.1) is 11.3 Å². The van der Waals surface area contributed by atoms with Crippen molar-refractivity contribution in [1.29, 1.82) is 0 Å². The molecule has 0 bridgehead atoms. The number of carbonyl (C=O) groups excluding carboxylic acids is 2. The van der Waals surface area contributed by atoms with Crippen LogP contribution in [0, 0.1) is 6.92 Å². The van der Waals surface area contributed by atoms with Gasteiger partial charge in [0.1, 0.15) is 6.04 Å². The number of likely N-dealkylation sites (N-methyl/N-ethyl adjacent to an activating group) is 1. The zero-order chi connectivity index (χ0) is 17.7. The van der Waals surface area contributed by atoms with Crippen LogP contribution in [0.4, 0.5) is 5.13 Å². The first-order valence-electron chi connectivity index (χ1n) is 8.26. The van der Waals surface area contributed by atoms with E-state index in [0.717, 1.165) is 43.4 Å². The Bertz CT molecular complexity index is 575. The minimum atomic E-state index is -0.491. The van der Waals surface area contributed by atoms with Crippen LogP contribution in [0.1, 0.15) is 19.0 Å². The van der Waals surface area contributed by atoms with Crippen molar-refractivity contribution in [2.45, 2.75) is 26.3 Å². The summed E-state index contributed by atoms with van der Waals surface area (Å²) in [5.74, 6) is -0.194. The lowest BCUT2D eigenvalue weighted by Gasteiger charge is -2.22. The van der Waals surface area contributed by atoms with E-state index in [9.17, 15) is 9.59 Å². The molecule has 1 saturated heterocycles. The second kappa shape index (κ2) is 8.43. The first-order valence-corrected chi connectivity index (χ1v) is 9.14. The summed E-state index contributed by atoms with van der Waals surface area (Å²) < 4.78 is 0. The zero-order valence-corrected chi connectivity index (χ0v) is 15.7. The molecule has 1 N–H and O–H groups in total. The molecule has 1 unspecified atom stereocenters. The van der Waals surface area contributed by atoms with E-state index in [0.29, 0.717) is 6.54 Å². The molecule has 24 heavy (non-hydrogen) atoms. The number of nitrogens with zero attached hydrogens (tertiary/aromatic N) is 4.